The van der Waals surface area contributed by atoms with Gasteiger partial charge in [0.1, 0.15) is 18.3 Å². The minimum absolute atomic E-state index is 0.0427. The molecule has 0 unspecified atom stereocenters. The van der Waals surface area contributed by atoms with Gasteiger partial charge in [-0.15, -0.1) is 0 Å². The van der Waals surface area contributed by atoms with Crippen molar-refractivity contribution in [2.75, 3.05) is 24.5 Å². The minimum atomic E-state index is -4.24. The van der Waals surface area contributed by atoms with Crippen LogP contribution in [0.15, 0.2) is 102 Å². The molecule has 0 heterocycles. The highest BCUT2D eigenvalue weighted by Gasteiger charge is 2.35. The molecule has 0 aliphatic carbocycles. The lowest BCUT2D eigenvalue weighted by atomic mass is 10.0. The van der Waals surface area contributed by atoms with Crippen molar-refractivity contribution in [3.05, 3.63) is 125 Å². The Labute approximate surface area is 273 Å². The highest BCUT2D eigenvalue weighted by Crippen LogP contribution is 2.34. The van der Waals surface area contributed by atoms with Gasteiger partial charge >= 0.3 is 0 Å². The fraction of sp³-hybridized carbons (Fsp3) is 0.297. The van der Waals surface area contributed by atoms with Crippen molar-refractivity contribution in [3.63, 3.8) is 0 Å². The van der Waals surface area contributed by atoms with Crippen molar-refractivity contribution in [1.29, 1.82) is 0 Å². The number of benzene rings is 4. The third-order valence-corrected chi connectivity index (χ3v) is 9.56. The monoisotopic (exact) mass is 641 g/mol. The number of methoxy groups -OCH3 is 1. The number of carbonyl (C=O) groups excluding carboxylic acids is 2. The van der Waals surface area contributed by atoms with E-state index >= 15 is 0 Å². The van der Waals surface area contributed by atoms with Crippen molar-refractivity contribution >= 4 is 27.5 Å². The lowest BCUT2D eigenvalue weighted by Gasteiger charge is -2.34. The van der Waals surface area contributed by atoms with Gasteiger partial charge in [0.2, 0.25) is 11.8 Å². The predicted octanol–water partition coefficient (Wildman–Crippen LogP) is 5.98. The Morgan fingerprint density at radius 1 is 0.804 bits per heavy atom. The van der Waals surface area contributed by atoms with E-state index in [0.29, 0.717) is 12.3 Å². The fourth-order valence-electron chi connectivity index (χ4n) is 5.16. The van der Waals surface area contributed by atoms with E-state index in [1.807, 2.05) is 88.4 Å². The Bertz CT molecular complexity index is 1720. The third kappa shape index (κ3) is 8.54. The van der Waals surface area contributed by atoms with Crippen LogP contribution >= 0.6 is 0 Å². The van der Waals surface area contributed by atoms with Gasteiger partial charge in [-0.1, -0.05) is 90.8 Å². The topological polar surface area (TPSA) is 96.0 Å². The Kier molecular flexibility index (Phi) is 11.6. The Morgan fingerprint density at radius 2 is 1.41 bits per heavy atom. The third-order valence-electron chi connectivity index (χ3n) is 7.78. The molecule has 0 radical (unpaired) electrons. The van der Waals surface area contributed by atoms with Gasteiger partial charge in [0.25, 0.3) is 10.0 Å². The van der Waals surface area contributed by atoms with Crippen LogP contribution in [0.25, 0.3) is 0 Å². The molecule has 4 rings (SSSR count). The SMILES string of the molecule is CCCNC(=O)[C@H](Cc1ccccc1)N(Cc1ccc(C)cc1)C(=O)CN(c1cc(C)ccc1OC)S(=O)(=O)c1ccc(C)cc1. The van der Waals surface area contributed by atoms with Gasteiger partial charge in [0.05, 0.1) is 17.7 Å². The van der Waals surface area contributed by atoms with Crippen LogP contribution in [0.4, 0.5) is 5.69 Å². The molecular formula is C37H43N3O5S. The van der Waals surface area contributed by atoms with Crippen LogP contribution in [0.5, 0.6) is 5.75 Å². The van der Waals surface area contributed by atoms with Crippen molar-refractivity contribution < 1.29 is 22.7 Å². The molecule has 0 aliphatic heterocycles. The zero-order valence-electron chi connectivity index (χ0n) is 27.2. The predicted molar refractivity (Wildman–Crippen MR) is 182 cm³/mol. The second-order valence-corrected chi connectivity index (χ2v) is 13.4. The van der Waals surface area contributed by atoms with Gasteiger partial charge in [-0.2, -0.15) is 0 Å². The number of hydrogen-bond acceptors (Lipinski definition) is 5. The molecule has 0 saturated carbocycles. The quantitative estimate of drug-likeness (QED) is 0.183. The molecule has 242 valence electrons. The largest absolute Gasteiger partial charge is 0.495 e. The van der Waals surface area contributed by atoms with E-state index in [-0.39, 0.29) is 29.5 Å². The zero-order chi connectivity index (χ0) is 33.3. The summed E-state index contributed by atoms with van der Waals surface area (Å²) in [5.41, 5.74) is 4.70. The van der Waals surface area contributed by atoms with Gasteiger partial charge in [-0.25, -0.2) is 8.42 Å². The van der Waals surface area contributed by atoms with E-state index < -0.39 is 28.5 Å². The van der Waals surface area contributed by atoms with Crippen molar-refractivity contribution in [1.82, 2.24) is 10.2 Å². The number of sulfonamides is 1. The van der Waals surface area contributed by atoms with Crippen molar-refractivity contribution in [3.8, 4) is 5.75 Å². The highest BCUT2D eigenvalue weighted by molar-refractivity contribution is 7.92. The number of amides is 2. The number of hydrogen-bond donors (Lipinski definition) is 1. The first-order valence-electron chi connectivity index (χ1n) is 15.4. The maximum Gasteiger partial charge on any atom is 0.264 e. The molecule has 0 fully saturated rings. The number of anilines is 1. The Balaban J connectivity index is 1.84. The van der Waals surface area contributed by atoms with E-state index in [9.17, 15) is 18.0 Å². The normalized spacial score (nSPS) is 11.8. The number of rotatable bonds is 14. The van der Waals surface area contributed by atoms with Crippen LogP contribution < -0.4 is 14.4 Å². The molecule has 8 nitrogen and oxygen atoms in total. The molecule has 46 heavy (non-hydrogen) atoms. The van der Waals surface area contributed by atoms with Crippen LogP contribution in [0.2, 0.25) is 0 Å². The standard InChI is InChI=1S/C37H43N3O5S/c1-6-22-38-37(42)34(24-30-10-8-7-9-11-30)39(25-31-17-12-27(2)13-18-31)36(41)26-40(33-23-29(4)16-21-35(33)45-5)46(43,44)32-19-14-28(3)15-20-32/h7-21,23,34H,6,22,24-26H2,1-5H3,(H,38,42)/t34-/m0/s1. The second-order valence-electron chi connectivity index (χ2n) is 11.5. The number of aryl methyl sites for hydroxylation is 3. The Morgan fingerprint density at radius 3 is 2.02 bits per heavy atom. The summed E-state index contributed by atoms with van der Waals surface area (Å²) in [4.78, 5) is 30.0. The maximum absolute atomic E-state index is 14.6. The summed E-state index contributed by atoms with van der Waals surface area (Å²) in [6, 6.07) is 28.1. The second kappa shape index (κ2) is 15.6. The maximum atomic E-state index is 14.6. The van der Waals surface area contributed by atoms with Gasteiger partial charge in [-0.3, -0.25) is 13.9 Å². The van der Waals surface area contributed by atoms with Gasteiger partial charge in [-0.05, 0) is 68.1 Å². The molecule has 0 aromatic heterocycles. The van der Waals surface area contributed by atoms with E-state index in [1.165, 1.54) is 24.1 Å². The minimum Gasteiger partial charge on any atom is -0.495 e. The molecule has 0 spiro atoms. The number of ether oxygens (including phenoxy) is 1. The number of nitrogens with one attached hydrogen (secondary N) is 1. The van der Waals surface area contributed by atoms with Crippen molar-refractivity contribution in [2.24, 2.45) is 0 Å². The molecule has 0 bridgehead atoms. The average Bonchev–Trinajstić information content (AvgIpc) is 3.05. The fourth-order valence-corrected chi connectivity index (χ4v) is 6.57. The van der Waals surface area contributed by atoms with E-state index in [2.05, 4.69) is 5.32 Å². The number of carbonyl (C=O) groups is 2. The molecule has 1 atom stereocenters. The first kappa shape index (κ1) is 34.2. The molecule has 4 aromatic rings. The average molecular weight is 642 g/mol. The summed E-state index contributed by atoms with van der Waals surface area (Å²) < 4.78 is 35.4. The van der Waals surface area contributed by atoms with Crippen LogP contribution in [0.1, 0.15) is 41.2 Å². The van der Waals surface area contributed by atoms with E-state index in [1.54, 1.807) is 24.3 Å². The van der Waals surface area contributed by atoms with Crippen LogP contribution in [-0.4, -0.2) is 51.4 Å². The molecule has 9 heteroatoms. The molecule has 4 aromatic carbocycles. The summed E-state index contributed by atoms with van der Waals surface area (Å²) in [6.07, 6.45) is 0.984. The summed E-state index contributed by atoms with van der Waals surface area (Å²) >= 11 is 0. The molecule has 1 N–H and O–H groups in total. The zero-order valence-corrected chi connectivity index (χ0v) is 28.0. The first-order valence-corrected chi connectivity index (χ1v) is 16.9. The smallest absolute Gasteiger partial charge is 0.264 e. The van der Waals surface area contributed by atoms with Crippen LogP contribution in [-0.2, 0) is 32.6 Å². The molecule has 0 saturated heterocycles. The molecule has 0 aliphatic rings. The van der Waals surface area contributed by atoms with Gasteiger partial charge in [0, 0.05) is 19.5 Å². The Hall–Kier alpha value is -4.63. The lowest BCUT2D eigenvalue weighted by Crippen LogP contribution is -2.53. The van der Waals surface area contributed by atoms with Gasteiger partial charge < -0.3 is 15.0 Å². The highest BCUT2D eigenvalue weighted by atomic mass is 32.2. The summed E-state index contributed by atoms with van der Waals surface area (Å²) in [5, 5.41) is 2.97. The van der Waals surface area contributed by atoms with Gasteiger partial charge in [0.15, 0.2) is 0 Å². The lowest BCUT2D eigenvalue weighted by molar-refractivity contribution is -0.140. The molecule has 2 amide bonds. The van der Waals surface area contributed by atoms with Crippen molar-refractivity contribution in [2.45, 2.75) is 58.0 Å². The van der Waals surface area contributed by atoms with E-state index in [4.69, 9.17) is 4.74 Å². The number of nitrogens with zero attached hydrogens (tertiary/aromatic N) is 2. The summed E-state index contributed by atoms with van der Waals surface area (Å²) in [5.74, 6) is -0.514. The van der Waals surface area contributed by atoms with Crippen LogP contribution in [0, 0.1) is 20.8 Å². The summed E-state index contributed by atoms with van der Waals surface area (Å²) in [7, 11) is -2.78. The molecular weight excluding hydrogens is 598 g/mol. The summed E-state index contributed by atoms with van der Waals surface area (Å²) in [6.45, 7) is 7.68. The first-order chi connectivity index (χ1) is 22.0. The van der Waals surface area contributed by atoms with E-state index in [0.717, 1.165) is 38.5 Å². The van der Waals surface area contributed by atoms with Crippen LogP contribution in [0.3, 0.4) is 0 Å².